The number of carbonyl (C=O) groups excluding carboxylic acids is 1. The number of hydrogen-bond donors (Lipinski definition) is 1. The molecule has 0 bridgehead atoms. The molecular weight excluding hydrogens is 180 g/mol. The van der Waals surface area contributed by atoms with Gasteiger partial charge >= 0.3 is 0 Å². The standard InChI is InChI=1S/C10H12N2O2/c1-10(14)3-2-8(6-9(10)13)12-5-4-11-7-12/h4-7,14H,2-3H2,1H3. The predicted octanol–water partition coefficient (Wildman–Crippen LogP) is 0.838. The van der Waals surface area contributed by atoms with Crippen LogP contribution in [0.3, 0.4) is 0 Å². The maximum Gasteiger partial charge on any atom is 0.188 e. The van der Waals surface area contributed by atoms with Gasteiger partial charge in [-0.2, -0.15) is 0 Å². The first-order chi connectivity index (χ1) is 6.59. The van der Waals surface area contributed by atoms with E-state index in [-0.39, 0.29) is 5.78 Å². The van der Waals surface area contributed by atoms with Gasteiger partial charge in [0.1, 0.15) is 5.60 Å². The summed E-state index contributed by atoms with van der Waals surface area (Å²) in [5.41, 5.74) is -0.302. The van der Waals surface area contributed by atoms with Crippen molar-refractivity contribution in [2.24, 2.45) is 0 Å². The van der Waals surface area contributed by atoms with E-state index in [4.69, 9.17) is 0 Å². The summed E-state index contributed by atoms with van der Waals surface area (Å²) in [5, 5.41) is 9.64. The Hall–Kier alpha value is -1.42. The third kappa shape index (κ3) is 1.48. The number of imidazole rings is 1. The van der Waals surface area contributed by atoms with Gasteiger partial charge in [0.2, 0.25) is 0 Å². The summed E-state index contributed by atoms with van der Waals surface area (Å²) in [6.45, 7) is 1.55. The van der Waals surface area contributed by atoms with Crippen molar-refractivity contribution in [2.45, 2.75) is 25.4 Å². The lowest BCUT2D eigenvalue weighted by Crippen LogP contribution is -2.36. The van der Waals surface area contributed by atoms with Crippen LogP contribution >= 0.6 is 0 Å². The van der Waals surface area contributed by atoms with Gasteiger partial charge in [0.05, 0.1) is 6.33 Å². The van der Waals surface area contributed by atoms with Crippen LogP contribution < -0.4 is 0 Å². The Morgan fingerprint density at radius 1 is 1.64 bits per heavy atom. The van der Waals surface area contributed by atoms with Crippen LogP contribution in [0.15, 0.2) is 24.8 Å². The normalized spacial score (nSPS) is 27.6. The van der Waals surface area contributed by atoms with Crippen LogP contribution in [-0.2, 0) is 4.79 Å². The highest BCUT2D eigenvalue weighted by molar-refractivity contribution is 6.01. The molecule has 0 saturated heterocycles. The van der Waals surface area contributed by atoms with Crippen LogP contribution in [0.25, 0.3) is 5.70 Å². The van der Waals surface area contributed by atoms with Gasteiger partial charge in [-0.05, 0) is 19.8 Å². The molecule has 4 nitrogen and oxygen atoms in total. The third-order valence-electron chi connectivity index (χ3n) is 2.53. The summed E-state index contributed by atoms with van der Waals surface area (Å²) in [7, 11) is 0. The molecule has 0 aromatic carbocycles. The fourth-order valence-corrected chi connectivity index (χ4v) is 1.51. The number of aliphatic hydroxyl groups is 1. The van der Waals surface area contributed by atoms with Crippen LogP contribution in [0, 0.1) is 0 Å². The molecule has 1 N–H and O–H groups in total. The Morgan fingerprint density at radius 3 is 3.00 bits per heavy atom. The zero-order valence-corrected chi connectivity index (χ0v) is 7.97. The first-order valence-corrected chi connectivity index (χ1v) is 4.55. The minimum atomic E-state index is -1.19. The van der Waals surface area contributed by atoms with Gasteiger partial charge < -0.3 is 9.67 Å². The van der Waals surface area contributed by atoms with Crippen molar-refractivity contribution in [3.8, 4) is 0 Å². The molecule has 0 aliphatic heterocycles. The molecule has 1 aromatic rings. The van der Waals surface area contributed by atoms with Gasteiger partial charge in [-0.3, -0.25) is 4.79 Å². The van der Waals surface area contributed by atoms with Crippen LogP contribution in [-0.4, -0.2) is 26.0 Å². The fraction of sp³-hybridized carbons (Fsp3) is 0.400. The van der Waals surface area contributed by atoms with Crippen LogP contribution in [0.1, 0.15) is 19.8 Å². The zero-order valence-electron chi connectivity index (χ0n) is 7.97. The number of ketones is 1. The number of rotatable bonds is 1. The molecule has 74 valence electrons. The lowest BCUT2D eigenvalue weighted by molar-refractivity contribution is -0.131. The molecule has 0 fully saturated rings. The highest BCUT2D eigenvalue weighted by Crippen LogP contribution is 2.26. The number of hydrogen-bond acceptors (Lipinski definition) is 3. The Balaban J connectivity index is 2.30. The summed E-state index contributed by atoms with van der Waals surface area (Å²) < 4.78 is 1.80. The maximum absolute atomic E-state index is 11.5. The van der Waals surface area contributed by atoms with Crippen molar-refractivity contribution in [3.63, 3.8) is 0 Å². The molecule has 0 amide bonds. The van der Waals surface area contributed by atoms with E-state index >= 15 is 0 Å². The minimum Gasteiger partial charge on any atom is -0.382 e. The molecule has 0 spiro atoms. The molecule has 1 aliphatic carbocycles. The van der Waals surface area contributed by atoms with Gasteiger partial charge in [0, 0.05) is 24.2 Å². The summed E-state index contributed by atoms with van der Waals surface area (Å²) in [5.74, 6) is -0.229. The Morgan fingerprint density at radius 2 is 2.43 bits per heavy atom. The van der Waals surface area contributed by atoms with Crippen molar-refractivity contribution in [1.29, 1.82) is 0 Å². The highest BCUT2D eigenvalue weighted by atomic mass is 16.3. The second kappa shape index (κ2) is 3.06. The lowest BCUT2D eigenvalue weighted by atomic mass is 9.88. The Kier molecular flexibility index (Phi) is 2.00. The number of aromatic nitrogens is 2. The Bertz CT molecular complexity index is 377. The van der Waals surface area contributed by atoms with Crippen LogP contribution in [0.2, 0.25) is 0 Å². The van der Waals surface area contributed by atoms with Gasteiger partial charge in [-0.25, -0.2) is 4.98 Å². The molecule has 1 unspecified atom stereocenters. The quantitative estimate of drug-likeness (QED) is 0.717. The average molecular weight is 192 g/mol. The van der Waals surface area contributed by atoms with Gasteiger partial charge in [0.25, 0.3) is 0 Å². The second-order valence-electron chi connectivity index (χ2n) is 3.74. The van der Waals surface area contributed by atoms with Crippen LogP contribution in [0.5, 0.6) is 0 Å². The molecule has 1 aliphatic rings. The topological polar surface area (TPSA) is 55.1 Å². The van der Waals surface area contributed by atoms with Crippen LogP contribution in [0.4, 0.5) is 0 Å². The largest absolute Gasteiger partial charge is 0.382 e. The van der Waals surface area contributed by atoms with Crippen molar-refractivity contribution in [3.05, 3.63) is 24.8 Å². The van der Waals surface area contributed by atoms with E-state index in [1.807, 2.05) is 0 Å². The van der Waals surface area contributed by atoms with Crippen molar-refractivity contribution >= 4 is 11.5 Å². The third-order valence-corrected chi connectivity index (χ3v) is 2.53. The average Bonchev–Trinajstić information content (AvgIpc) is 2.62. The van der Waals surface area contributed by atoms with E-state index in [1.54, 1.807) is 30.2 Å². The predicted molar refractivity (Wildman–Crippen MR) is 51.4 cm³/mol. The van der Waals surface area contributed by atoms with Gasteiger partial charge in [0.15, 0.2) is 5.78 Å². The first-order valence-electron chi connectivity index (χ1n) is 4.55. The molecule has 2 rings (SSSR count). The van der Waals surface area contributed by atoms with E-state index in [9.17, 15) is 9.90 Å². The number of nitrogens with zero attached hydrogens (tertiary/aromatic N) is 2. The van der Waals surface area contributed by atoms with Crippen molar-refractivity contribution in [2.75, 3.05) is 0 Å². The minimum absolute atomic E-state index is 0.229. The lowest BCUT2D eigenvalue weighted by Gasteiger charge is -2.25. The molecule has 0 saturated carbocycles. The second-order valence-corrected chi connectivity index (χ2v) is 3.74. The summed E-state index contributed by atoms with van der Waals surface area (Å²) in [4.78, 5) is 15.4. The van der Waals surface area contributed by atoms with E-state index in [0.29, 0.717) is 12.8 Å². The maximum atomic E-state index is 11.5. The summed E-state index contributed by atoms with van der Waals surface area (Å²) in [6, 6.07) is 0. The molecule has 0 radical (unpaired) electrons. The van der Waals surface area contributed by atoms with Crippen molar-refractivity contribution in [1.82, 2.24) is 9.55 Å². The molecule has 14 heavy (non-hydrogen) atoms. The van der Waals surface area contributed by atoms with E-state index in [0.717, 1.165) is 5.70 Å². The van der Waals surface area contributed by atoms with E-state index in [1.165, 1.54) is 6.08 Å². The molecule has 1 heterocycles. The summed E-state index contributed by atoms with van der Waals surface area (Å²) >= 11 is 0. The number of carbonyl (C=O) groups is 1. The van der Waals surface area contributed by atoms with Gasteiger partial charge in [-0.1, -0.05) is 0 Å². The van der Waals surface area contributed by atoms with Gasteiger partial charge in [-0.15, -0.1) is 0 Å². The van der Waals surface area contributed by atoms with E-state index < -0.39 is 5.60 Å². The number of allylic oxidation sites excluding steroid dienone is 1. The first kappa shape index (κ1) is 9.15. The molecule has 1 aromatic heterocycles. The summed E-state index contributed by atoms with van der Waals surface area (Å²) in [6.07, 6.45) is 7.76. The Labute approximate surface area is 81.9 Å². The molecule has 1 atom stereocenters. The van der Waals surface area contributed by atoms with Crippen molar-refractivity contribution < 1.29 is 9.90 Å². The fourth-order valence-electron chi connectivity index (χ4n) is 1.51. The monoisotopic (exact) mass is 192 g/mol. The SMILES string of the molecule is CC1(O)CCC(n2ccnc2)=CC1=O. The molecule has 4 heteroatoms. The van der Waals surface area contributed by atoms with E-state index in [2.05, 4.69) is 4.98 Å². The smallest absolute Gasteiger partial charge is 0.188 e. The highest BCUT2D eigenvalue weighted by Gasteiger charge is 2.32. The molecular formula is C10H12N2O2. The zero-order chi connectivity index (χ0) is 10.2.